The molecule has 1 aromatic carbocycles. The predicted molar refractivity (Wildman–Crippen MR) is 60.8 cm³/mol. The van der Waals surface area contributed by atoms with Crippen molar-refractivity contribution in [2.24, 2.45) is 0 Å². The van der Waals surface area contributed by atoms with Gasteiger partial charge in [-0.1, -0.05) is 23.4 Å². The van der Waals surface area contributed by atoms with Gasteiger partial charge in [0.2, 0.25) is 0 Å². The molecule has 2 rings (SSSR count). The molecule has 0 aliphatic carbocycles. The summed E-state index contributed by atoms with van der Waals surface area (Å²) >= 11 is 8.69. The maximum atomic E-state index is 13.2. The number of hydrogen-bond donors (Lipinski definition) is 1. The Morgan fingerprint density at radius 3 is 3.00 bits per heavy atom. The second-order valence-corrected chi connectivity index (χ2v) is 5.08. The third-order valence-corrected chi connectivity index (χ3v) is 4.13. The van der Waals surface area contributed by atoms with E-state index in [1.165, 1.54) is 29.2 Å². The predicted octanol–water partition coefficient (Wildman–Crippen LogP) is 3.39. The molecule has 14 heavy (non-hydrogen) atoms. The summed E-state index contributed by atoms with van der Waals surface area (Å²) in [6.07, 6.45) is 1.90. The molecule has 2 N–H and O–H groups in total. The van der Waals surface area contributed by atoms with Gasteiger partial charge in [0.15, 0.2) is 4.34 Å². The SMILES string of the molecule is CSc1nc2c(Cl)cc(F)c(N)c2s1. The van der Waals surface area contributed by atoms with E-state index in [9.17, 15) is 4.39 Å². The number of halogens is 2. The molecule has 0 amide bonds. The van der Waals surface area contributed by atoms with Gasteiger partial charge in [-0.15, -0.1) is 11.3 Å². The summed E-state index contributed by atoms with van der Waals surface area (Å²) in [6, 6.07) is 1.20. The Morgan fingerprint density at radius 2 is 2.36 bits per heavy atom. The van der Waals surface area contributed by atoms with E-state index in [1.54, 1.807) is 0 Å². The molecular formula is C8H6ClFN2S2. The third-order valence-electron chi connectivity index (χ3n) is 1.76. The number of aromatic nitrogens is 1. The monoisotopic (exact) mass is 248 g/mol. The third kappa shape index (κ3) is 1.45. The number of nitrogens with two attached hydrogens (primary N) is 1. The second kappa shape index (κ2) is 3.56. The van der Waals surface area contributed by atoms with E-state index in [0.717, 1.165) is 4.34 Å². The minimum atomic E-state index is -0.487. The molecule has 0 unspecified atom stereocenters. The lowest BCUT2D eigenvalue weighted by Crippen LogP contribution is -1.90. The molecule has 6 heteroatoms. The largest absolute Gasteiger partial charge is 0.395 e. The van der Waals surface area contributed by atoms with Crippen LogP contribution >= 0.6 is 34.7 Å². The molecule has 0 saturated heterocycles. The summed E-state index contributed by atoms with van der Waals surface area (Å²) in [5.74, 6) is -0.487. The Bertz CT molecular complexity index is 498. The Hall–Kier alpha value is -0.520. The van der Waals surface area contributed by atoms with Gasteiger partial charge < -0.3 is 5.73 Å². The lowest BCUT2D eigenvalue weighted by atomic mass is 10.3. The number of thiazole rings is 1. The fourth-order valence-corrected chi connectivity index (χ4v) is 2.92. The van der Waals surface area contributed by atoms with E-state index in [4.69, 9.17) is 17.3 Å². The number of fused-ring (bicyclic) bond motifs is 1. The normalized spacial score (nSPS) is 11.1. The van der Waals surface area contributed by atoms with Crippen molar-refractivity contribution in [3.05, 3.63) is 16.9 Å². The lowest BCUT2D eigenvalue weighted by Gasteiger charge is -1.98. The Kier molecular flexibility index (Phi) is 2.55. The fourth-order valence-electron chi connectivity index (χ4n) is 1.10. The van der Waals surface area contributed by atoms with Crippen LogP contribution in [-0.2, 0) is 0 Å². The van der Waals surface area contributed by atoms with E-state index in [2.05, 4.69) is 4.98 Å². The minimum absolute atomic E-state index is 0.127. The van der Waals surface area contributed by atoms with Crippen molar-refractivity contribution in [3.63, 3.8) is 0 Å². The molecule has 0 aliphatic heterocycles. The van der Waals surface area contributed by atoms with Gasteiger partial charge in [-0.25, -0.2) is 9.37 Å². The number of nitrogens with zero attached hydrogens (tertiary/aromatic N) is 1. The Balaban J connectivity index is 2.84. The fraction of sp³-hybridized carbons (Fsp3) is 0.125. The summed E-state index contributed by atoms with van der Waals surface area (Å²) in [4.78, 5) is 4.24. The van der Waals surface area contributed by atoms with E-state index in [0.29, 0.717) is 15.2 Å². The molecule has 1 aromatic heterocycles. The zero-order valence-electron chi connectivity index (χ0n) is 7.17. The highest BCUT2D eigenvalue weighted by molar-refractivity contribution is 8.00. The van der Waals surface area contributed by atoms with Crippen LogP contribution in [0.2, 0.25) is 5.02 Å². The van der Waals surface area contributed by atoms with Crippen LogP contribution in [0.5, 0.6) is 0 Å². The van der Waals surface area contributed by atoms with Crippen molar-refractivity contribution < 1.29 is 4.39 Å². The molecule has 0 aliphatic rings. The highest BCUT2D eigenvalue weighted by atomic mass is 35.5. The quantitative estimate of drug-likeness (QED) is 0.621. The van der Waals surface area contributed by atoms with Crippen LogP contribution in [0.4, 0.5) is 10.1 Å². The zero-order valence-corrected chi connectivity index (χ0v) is 9.56. The molecule has 74 valence electrons. The first-order chi connectivity index (χ1) is 6.63. The topological polar surface area (TPSA) is 38.9 Å². The molecule has 0 radical (unpaired) electrons. The summed E-state index contributed by atoms with van der Waals surface area (Å²) in [5, 5.41) is 0.309. The molecular weight excluding hydrogens is 243 g/mol. The lowest BCUT2D eigenvalue weighted by molar-refractivity contribution is 0.634. The molecule has 2 nitrogen and oxygen atoms in total. The first-order valence-corrected chi connectivity index (χ1v) is 6.13. The van der Waals surface area contributed by atoms with Crippen LogP contribution < -0.4 is 5.73 Å². The van der Waals surface area contributed by atoms with Crippen molar-refractivity contribution in [1.29, 1.82) is 0 Å². The number of rotatable bonds is 1. The molecule has 0 saturated carbocycles. The van der Waals surface area contributed by atoms with Crippen molar-refractivity contribution in [1.82, 2.24) is 4.98 Å². The van der Waals surface area contributed by atoms with E-state index < -0.39 is 5.82 Å². The van der Waals surface area contributed by atoms with Gasteiger partial charge in [0.05, 0.1) is 15.4 Å². The molecule has 2 aromatic rings. The van der Waals surface area contributed by atoms with Crippen LogP contribution in [0.1, 0.15) is 0 Å². The summed E-state index contributed by atoms with van der Waals surface area (Å²) in [7, 11) is 0. The standard InChI is InChI=1S/C8H6ClFN2S2/c1-13-8-12-6-3(9)2-4(10)5(11)7(6)14-8/h2H,11H2,1H3. The second-order valence-electron chi connectivity index (χ2n) is 2.62. The van der Waals surface area contributed by atoms with Crippen molar-refractivity contribution >= 4 is 50.6 Å². The molecule has 0 spiro atoms. The molecule has 0 bridgehead atoms. The van der Waals surface area contributed by atoms with Crippen LogP contribution in [0, 0.1) is 5.82 Å². The smallest absolute Gasteiger partial charge is 0.150 e. The Labute approximate surface area is 93.3 Å². The number of anilines is 1. The summed E-state index contributed by atoms with van der Waals surface area (Å²) in [6.45, 7) is 0. The molecule has 0 atom stereocenters. The van der Waals surface area contributed by atoms with Crippen LogP contribution in [-0.4, -0.2) is 11.2 Å². The number of benzene rings is 1. The van der Waals surface area contributed by atoms with Crippen molar-refractivity contribution in [3.8, 4) is 0 Å². The molecule has 0 fully saturated rings. The Morgan fingerprint density at radius 1 is 1.64 bits per heavy atom. The summed E-state index contributed by atoms with van der Waals surface area (Å²) in [5.41, 5.74) is 6.29. The number of thioether (sulfide) groups is 1. The van der Waals surface area contributed by atoms with E-state index in [-0.39, 0.29) is 5.69 Å². The average molecular weight is 249 g/mol. The first kappa shape index (κ1) is 10.0. The van der Waals surface area contributed by atoms with E-state index >= 15 is 0 Å². The van der Waals surface area contributed by atoms with Gasteiger partial charge in [-0.05, 0) is 12.3 Å². The van der Waals surface area contributed by atoms with Gasteiger partial charge in [0, 0.05) is 0 Å². The maximum Gasteiger partial charge on any atom is 0.150 e. The van der Waals surface area contributed by atoms with Crippen LogP contribution in [0.3, 0.4) is 0 Å². The van der Waals surface area contributed by atoms with Crippen molar-refractivity contribution in [2.75, 3.05) is 12.0 Å². The van der Waals surface area contributed by atoms with Gasteiger partial charge in [-0.2, -0.15) is 0 Å². The van der Waals surface area contributed by atoms with Gasteiger partial charge in [-0.3, -0.25) is 0 Å². The number of hydrogen-bond acceptors (Lipinski definition) is 4. The maximum absolute atomic E-state index is 13.2. The minimum Gasteiger partial charge on any atom is -0.395 e. The zero-order chi connectivity index (χ0) is 10.3. The van der Waals surface area contributed by atoms with Gasteiger partial charge in [0.1, 0.15) is 11.3 Å². The summed E-state index contributed by atoms with van der Waals surface area (Å²) < 4.78 is 14.6. The van der Waals surface area contributed by atoms with Gasteiger partial charge >= 0.3 is 0 Å². The van der Waals surface area contributed by atoms with Crippen molar-refractivity contribution in [2.45, 2.75) is 4.34 Å². The first-order valence-electron chi connectivity index (χ1n) is 3.71. The van der Waals surface area contributed by atoms with Crippen LogP contribution in [0.15, 0.2) is 10.4 Å². The number of nitrogen functional groups attached to an aromatic ring is 1. The molecule has 1 heterocycles. The van der Waals surface area contributed by atoms with E-state index in [1.807, 2.05) is 6.26 Å². The van der Waals surface area contributed by atoms with Crippen LogP contribution in [0.25, 0.3) is 10.2 Å². The highest BCUT2D eigenvalue weighted by Crippen LogP contribution is 2.37. The average Bonchev–Trinajstić information content (AvgIpc) is 2.58. The van der Waals surface area contributed by atoms with Gasteiger partial charge in [0.25, 0.3) is 0 Å². The highest BCUT2D eigenvalue weighted by Gasteiger charge is 2.13.